The van der Waals surface area contributed by atoms with Crippen LogP contribution in [0.4, 0.5) is 4.39 Å². The number of nitrogens with zero attached hydrogens (tertiary/aromatic N) is 3. The Hall–Kier alpha value is -1.79. The Kier molecular flexibility index (Phi) is 2.61. The van der Waals surface area contributed by atoms with Crippen LogP contribution in [0.25, 0.3) is 16.2 Å². The minimum atomic E-state index is -0.710. The Morgan fingerprint density at radius 1 is 1.44 bits per heavy atom. The molecule has 0 saturated carbocycles. The van der Waals surface area contributed by atoms with E-state index in [1.165, 1.54) is 17.4 Å². The number of fused-ring (bicyclic) bond motifs is 1. The molecular weight excluding hydrogens is 277 g/mol. The van der Waals surface area contributed by atoms with Crippen molar-refractivity contribution in [1.82, 2.24) is 14.5 Å². The molecule has 0 spiro atoms. The van der Waals surface area contributed by atoms with Crippen LogP contribution in [0.3, 0.4) is 0 Å². The average Bonchev–Trinajstić information content (AvgIpc) is 2.86. The number of halogens is 2. The summed E-state index contributed by atoms with van der Waals surface area (Å²) in [6.07, 6.45) is 3.18. The van der Waals surface area contributed by atoms with Crippen LogP contribution in [0, 0.1) is 5.82 Å². The third-order valence-corrected chi connectivity index (χ3v) is 3.44. The molecule has 0 bridgehead atoms. The molecule has 7 heteroatoms. The zero-order chi connectivity index (χ0) is 12.7. The van der Waals surface area contributed by atoms with Crippen molar-refractivity contribution in [3.63, 3.8) is 0 Å². The van der Waals surface area contributed by atoms with Gasteiger partial charge in [-0.3, -0.25) is 9.36 Å². The molecule has 3 aromatic heterocycles. The number of hydrogen-bond acceptors (Lipinski definition) is 4. The summed E-state index contributed by atoms with van der Waals surface area (Å²) in [5.74, 6) is -0.710. The van der Waals surface area contributed by atoms with Gasteiger partial charge in [0.05, 0.1) is 5.39 Å². The van der Waals surface area contributed by atoms with E-state index >= 15 is 0 Å². The number of rotatable bonds is 1. The summed E-state index contributed by atoms with van der Waals surface area (Å²) < 4.78 is 15.0. The van der Waals surface area contributed by atoms with Gasteiger partial charge < -0.3 is 0 Å². The summed E-state index contributed by atoms with van der Waals surface area (Å²) >= 11 is 7.03. The monoisotopic (exact) mass is 281 g/mol. The van der Waals surface area contributed by atoms with E-state index in [4.69, 9.17) is 11.6 Å². The Morgan fingerprint density at radius 3 is 3.00 bits per heavy atom. The fourth-order valence-corrected chi connectivity index (χ4v) is 2.37. The zero-order valence-corrected chi connectivity index (χ0v) is 10.4. The number of hydrogen-bond donors (Lipinski definition) is 0. The molecule has 0 aromatic carbocycles. The van der Waals surface area contributed by atoms with E-state index < -0.39 is 5.82 Å². The smallest absolute Gasteiger partial charge is 0.195 e. The van der Waals surface area contributed by atoms with Crippen molar-refractivity contribution >= 4 is 34.0 Å². The Morgan fingerprint density at radius 2 is 2.28 bits per heavy atom. The second-order valence-electron chi connectivity index (χ2n) is 3.50. The normalized spacial score (nSPS) is 11.0. The number of aromatic nitrogens is 3. The van der Waals surface area contributed by atoms with Gasteiger partial charge in [-0.25, -0.2) is 14.4 Å². The molecule has 0 radical (unpaired) electrons. The van der Waals surface area contributed by atoms with E-state index in [1.807, 2.05) is 0 Å². The van der Waals surface area contributed by atoms with Crippen LogP contribution in [0.15, 0.2) is 34.7 Å². The maximum atomic E-state index is 13.3. The van der Waals surface area contributed by atoms with Crippen molar-refractivity contribution in [3.8, 4) is 5.13 Å². The van der Waals surface area contributed by atoms with Gasteiger partial charge in [0.2, 0.25) is 0 Å². The number of thiazole rings is 1. The molecule has 0 atom stereocenters. The maximum absolute atomic E-state index is 13.3. The Bertz CT molecular complexity index is 785. The molecule has 0 aliphatic carbocycles. The summed E-state index contributed by atoms with van der Waals surface area (Å²) in [7, 11) is 0. The molecule has 4 nitrogen and oxygen atoms in total. The molecular formula is C11H5ClFN3OS. The van der Waals surface area contributed by atoms with Crippen molar-refractivity contribution < 1.29 is 4.39 Å². The van der Waals surface area contributed by atoms with Crippen molar-refractivity contribution in [2.75, 3.05) is 0 Å². The van der Waals surface area contributed by atoms with Gasteiger partial charge in [-0.05, 0) is 6.07 Å². The number of pyridine rings is 2. The predicted molar refractivity (Wildman–Crippen MR) is 68.0 cm³/mol. The van der Waals surface area contributed by atoms with Crippen LogP contribution in [-0.4, -0.2) is 14.5 Å². The molecule has 0 aliphatic heterocycles. The van der Waals surface area contributed by atoms with Crippen molar-refractivity contribution in [2.45, 2.75) is 0 Å². The van der Waals surface area contributed by atoms with Crippen LogP contribution in [0.2, 0.25) is 5.15 Å². The van der Waals surface area contributed by atoms with E-state index in [-0.39, 0.29) is 16.0 Å². The van der Waals surface area contributed by atoms with Gasteiger partial charge in [-0.2, -0.15) is 0 Å². The molecule has 3 aromatic rings. The Balaban J connectivity index is 2.45. The molecule has 0 saturated heterocycles. The van der Waals surface area contributed by atoms with Crippen molar-refractivity contribution in [3.05, 3.63) is 51.1 Å². The van der Waals surface area contributed by atoms with Crippen LogP contribution in [0.5, 0.6) is 0 Å². The highest BCUT2D eigenvalue weighted by molar-refractivity contribution is 7.12. The summed E-state index contributed by atoms with van der Waals surface area (Å²) in [6.45, 7) is 0. The molecule has 0 amide bonds. The highest BCUT2D eigenvalue weighted by atomic mass is 35.5. The lowest BCUT2D eigenvalue weighted by molar-refractivity contribution is 0.624. The van der Waals surface area contributed by atoms with Crippen LogP contribution in [0.1, 0.15) is 0 Å². The van der Waals surface area contributed by atoms with Crippen LogP contribution < -0.4 is 5.43 Å². The van der Waals surface area contributed by atoms with E-state index in [1.54, 1.807) is 22.3 Å². The highest BCUT2D eigenvalue weighted by Crippen LogP contribution is 2.20. The van der Waals surface area contributed by atoms with Gasteiger partial charge in [0, 0.05) is 23.8 Å². The van der Waals surface area contributed by atoms with Crippen molar-refractivity contribution in [1.29, 1.82) is 0 Å². The minimum Gasteiger partial charge on any atom is -0.289 e. The fraction of sp³-hybridized carbons (Fsp3) is 0. The molecule has 90 valence electrons. The third kappa shape index (κ3) is 1.70. The zero-order valence-electron chi connectivity index (χ0n) is 8.80. The second-order valence-corrected chi connectivity index (χ2v) is 4.73. The largest absolute Gasteiger partial charge is 0.289 e. The molecule has 3 heterocycles. The average molecular weight is 282 g/mol. The van der Waals surface area contributed by atoms with Crippen molar-refractivity contribution in [2.24, 2.45) is 0 Å². The summed E-state index contributed by atoms with van der Waals surface area (Å²) in [5, 5.41) is 2.34. The molecule has 0 fully saturated rings. The standard InChI is InChI=1S/C11H5ClFN3OS/c12-9-7(13)5-6-8(17)1-3-16(10(6)15-9)11-14-2-4-18-11/h1-5H. The quantitative estimate of drug-likeness (QED) is 0.644. The minimum absolute atomic E-state index is 0.176. The second kappa shape index (κ2) is 4.15. The maximum Gasteiger partial charge on any atom is 0.195 e. The molecule has 3 rings (SSSR count). The Labute approximate surface area is 109 Å². The highest BCUT2D eigenvalue weighted by Gasteiger charge is 2.11. The first-order valence-electron chi connectivity index (χ1n) is 4.94. The van der Waals surface area contributed by atoms with Gasteiger partial charge in [0.1, 0.15) is 0 Å². The summed E-state index contributed by atoms with van der Waals surface area (Å²) in [5.41, 5.74) is -0.00952. The molecule has 0 aliphatic rings. The van der Waals surface area contributed by atoms with Gasteiger partial charge in [-0.15, -0.1) is 11.3 Å². The van der Waals surface area contributed by atoms with Gasteiger partial charge >= 0.3 is 0 Å². The van der Waals surface area contributed by atoms with Gasteiger partial charge in [0.15, 0.2) is 27.2 Å². The first kappa shape index (κ1) is 11.3. The molecule has 0 unspecified atom stereocenters. The first-order valence-corrected chi connectivity index (χ1v) is 6.20. The lowest BCUT2D eigenvalue weighted by atomic mass is 10.3. The lowest BCUT2D eigenvalue weighted by Gasteiger charge is -2.06. The fourth-order valence-electron chi connectivity index (χ4n) is 1.61. The third-order valence-electron chi connectivity index (χ3n) is 2.41. The van der Waals surface area contributed by atoms with Gasteiger partial charge in [0.25, 0.3) is 0 Å². The predicted octanol–water partition coefficient (Wildman–Crippen LogP) is 2.63. The lowest BCUT2D eigenvalue weighted by Crippen LogP contribution is -2.08. The first-order chi connectivity index (χ1) is 8.66. The van der Waals surface area contributed by atoms with Crippen LogP contribution in [-0.2, 0) is 0 Å². The molecule has 0 N–H and O–H groups in total. The van der Waals surface area contributed by atoms with E-state index in [2.05, 4.69) is 9.97 Å². The summed E-state index contributed by atoms with van der Waals surface area (Å²) in [6, 6.07) is 2.44. The SMILES string of the molecule is O=c1ccn(-c2nccs2)c2nc(Cl)c(F)cc12. The summed E-state index contributed by atoms with van der Waals surface area (Å²) in [4.78, 5) is 19.7. The topological polar surface area (TPSA) is 47.8 Å². The van der Waals surface area contributed by atoms with E-state index in [0.717, 1.165) is 6.07 Å². The van der Waals surface area contributed by atoms with Crippen LogP contribution >= 0.6 is 22.9 Å². The molecule has 18 heavy (non-hydrogen) atoms. The van der Waals surface area contributed by atoms with E-state index in [0.29, 0.717) is 10.8 Å². The van der Waals surface area contributed by atoms with Gasteiger partial charge in [-0.1, -0.05) is 11.6 Å². The van der Waals surface area contributed by atoms with E-state index in [9.17, 15) is 9.18 Å².